The second-order valence-corrected chi connectivity index (χ2v) is 6.60. The van der Waals surface area contributed by atoms with E-state index in [1.165, 1.54) is 32.1 Å². The van der Waals surface area contributed by atoms with Crippen molar-refractivity contribution in [3.05, 3.63) is 18.0 Å². The van der Waals surface area contributed by atoms with Crippen molar-refractivity contribution in [1.82, 2.24) is 20.6 Å². The Balaban J connectivity index is 0.00000420. The van der Waals surface area contributed by atoms with Gasteiger partial charge in [0.05, 0.1) is 6.10 Å². The summed E-state index contributed by atoms with van der Waals surface area (Å²) < 4.78 is 43.7. The molecule has 3 N–H and O–H groups in total. The summed E-state index contributed by atoms with van der Waals surface area (Å²) in [6, 6.07) is 0.840. The first kappa shape index (κ1) is 25.7. The number of aliphatic imine (C=N–C) groups is 1. The minimum Gasteiger partial charge on any atom is -0.378 e. The summed E-state index contributed by atoms with van der Waals surface area (Å²) in [6.07, 6.45) is 4.07. The van der Waals surface area contributed by atoms with Crippen LogP contribution >= 0.6 is 24.0 Å². The van der Waals surface area contributed by atoms with Gasteiger partial charge in [0.2, 0.25) is 5.95 Å². The molecule has 0 amide bonds. The van der Waals surface area contributed by atoms with Crippen molar-refractivity contribution < 1.29 is 17.9 Å². The minimum atomic E-state index is -4.48. The lowest BCUT2D eigenvalue weighted by molar-refractivity contribution is -0.141. The molecule has 1 saturated carbocycles. The van der Waals surface area contributed by atoms with E-state index in [0.29, 0.717) is 25.2 Å². The number of rotatable bonds is 9. The molecule has 2 rings (SSSR count). The van der Waals surface area contributed by atoms with Crippen LogP contribution in [-0.2, 0) is 10.9 Å². The van der Waals surface area contributed by atoms with Gasteiger partial charge in [-0.05, 0) is 25.3 Å². The molecule has 0 radical (unpaired) electrons. The molecule has 29 heavy (non-hydrogen) atoms. The van der Waals surface area contributed by atoms with E-state index in [1.807, 2.05) is 0 Å². The van der Waals surface area contributed by atoms with Crippen LogP contribution in [0.3, 0.4) is 0 Å². The average Bonchev–Trinajstić information content (AvgIpc) is 2.69. The maximum absolute atomic E-state index is 12.6. The summed E-state index contributed by atoms with van der Waals surface area (Å²) in [7, 11) is 1.66. The maximum Gasteiger partial charge on any atom is 0.433 e. The van der Waals surface area contributed by atoms with Gasteiger partial charge in [-0.1, -0.05) is 19.3 Å². The molecule has 0 saturated heterocycles. The highest BCUT2D eigenvalue weighted by atomic mass is 127. The van der Waals surface area contributed by atoms with Crippen LogP contribution in [0.5, 0.6) is 0 Å². The van der Waals surface area contributed by atoms with Crippen molar-refractivity contribution in [1.29, 1.82) is 0 Å². The Morgan fingerprint density at radius 1 is 1.17 bits per heavy atom. The number of hydrogen-bond donors (Lipinski definition) is 3. The summed E-state index contributed by atoms with van der Waals surface area (Å²) in [4.78, 5) is 11.4. The standard InChI is InChI=1S/C18H29F3N6O.HI/c1-22-16(23-9-5-13-28-14-6-3-2-4-7-14)25-11-12-26-17-24-10-8-15(27-17)18(19,20)21;/h8,10,14H,2-7,9,11-13H2,1H3,(H2,22,23,25)(H,24,26,27);1H. The molecule has 11 heteroatoms. The van der Waals surface area contributed by atoms with Crippen molar-refractivity contribution in [3.8, 4) is 0 Å². The molecular weight excluding hydrogens is 500 g/mol. The van der Waals surface area contributed by atoms with Crippen LogP contribution in [0, 0.1) is 0 Å². The molecule has 7 nitrogen and oxygen atoms in total. The molecule has 1 aliphatic carbocycles. The highest BCUT2D eigenvalue weighted by Gasteiger charge is 2.32. The normalized spacial score (nSPS) is 15.5. The third kappa shape index (κ3) is 10.3. The summed E-state index contributed by atoms with van der Waals surface area (Å²) in [5.41, 5.74) is -0.967. The van der Waals surface area contributed by atoms with E-state index in [4.69, 9.17) is 4.74 Å². The predicted octanol–water partition coefficient (Wildman–Crippen LogP) is 3.43. The molecule has 0 bridgehead atoms. The Labute approximate surface area is 186 Å². The number of nitrogens with zero attached hydrogens (tertiary/aromatic N) is 3. The Kier molecular flexibility index (Phi) is 12.2. The smallest absolute Gasteiger partial charge is 0.378 e. The van der Waals surface area contributed by atoms with Gasteiger partial charge in [0.25, 0.3) is 0 Å². The lowest BCUT2D eigenvalue weighted by Gasteiger charge is -2.22. The average molecular weight is 530 g/mol. The third-order valence-electron chi connectivity index (χ3n) is 4.39. The van der Waals surface area contributed by atoms with Crippen LogP contribution < -0.4 is 16.0 Å². The molecule has 1 fully saturated rings. The third-order valence-corrected chi connectivity index (χ3v) is 4.39. The fraction of sp³-hybridized carbons (Fsp3) is 0.722. The van der Waals surface area contributed by atoms with Crippen LogP contribution in [0.2, 0.25) is 0 Å². The van der Waals surface area contributed by atoms with E-state index in [1.54, 1.807) is 7.05 Å². The van der Waals surface area contributed by atoms with Crippen molar-refractivity contribution in [2.24, 2.45) is 4.99 Å². The molecule has 0 unspecified atom stereocenters. The van der Waals surface area contributed by atoms with Crippen molar-refractivity contribution in [2.45, 2.75) is 50.8 Å². The molecule has 1 aromatic rings. The van der Waals surface area contributed by atoms with Crippen molar-refractivity contribution >= 4 is 35.9 Å². The zero-order valence-corrected chi connectivity index (χ0v) is 18.9. The highest BCUT2D eigenvalue weighted by Crippen LogP contribution is 2.27. The van der Waals surface area contributed by atoms with Crippen LogP contribution in [0.25, 0.3) is 0 Å². The zero-order chi connectivity index (χ0) is 20.2. The van der Waals surface area contributed by atoms with Crippen LogP contribution in [-0.4, -0.2) is 55.3 Å². The van der Waals surface area contributed by atoms with Crippen molar-refractivity contribution in [3.63, 3.8) is 0 Å². The Bertz CT molecular complexity index is 612. The van der Waals surface area contributed by atoms with Gasteiger partial charge in [-0.3, -0.25) is 4.99 Å². The number of guanidine groups is 1. The van der Waals surface area contributed by atoms with Crippen LogP contribution in [0.1, 0.15) is 44.2 Å². The summed E-state index contributed by atoms with van der Waals surface area (Å²) in [5, 5.41) is 9.03. The minimum absolute atomic E-state index is 0. The van der Waals surface area contributed by atoms with Gasteiger partial charge in [0, 0.05) is 39.5 Å². The van der Waals surface area contributed by atoms with Gasteiger partial charge in [-0.2, -0.15) is 13.2 Å². The lowest BCUT2D eigenvalue weighted by Crippen LogP contribution is -2.40. The highest BCUT2D eigenvalue weighted by molar-refractivity contribution is 14.0. The van der Waals surface area contributed by atoms with Gasteiger partial charge in [0.15, 0.2) is 5.96 Å². The Hall–Kier alpha value is -1.37. The van der Waals surface area contributed by atoms with E-state index in [-0.39, 0.29) is 29.9 Å². The molecule has 1 heterocycles. The van der Waals surface area contributed by atoms with Crippen LogP contribution in [0.15, 0.2) is 17.3 Å². The zero-order valence-electron chi connectivity index (χ0n) is 16.6. The maximum atomic E-state index is 12.6. The second-order valence-electron chi connectivity index (χ2n) is 6.60. The molecule has 0 atom stereocenters. The van der Waals surface area contributed by atoms with Gasteiger partial charge < -0.3 is 20.7 Å². The molecule has 1 aliphatic rings. The number of nitrogens with one attached hydrogen (secondary N) is 3. The Morgan fingerprint density at radius 2 is 1.90 bits per heavy atom. The summed E-state index contributed by atoms with van der Waals surface area (Å²) in [6.45, 7) is 2.27. The van der Waals surface area contributed by atoms with Crippen LogP contribution in [0.4, 0.5) is 19.1 Å². The van der Waals surface area contributed by atoms with Gasteiger partial charge in [-0.15, -0.1) is 24.0 Å². The fourth-order valence-corrected chi connectivity index (χ4v) is 2.94. The van der Waals surface area contributed by atoms with E-state index in [0.717, 1.165) is 31.8 Å². The molecular formula is C18H30F3IN6O. The lowest BCUT2D eigenvalue weighted by atomic mass is 9.98. The molecule has 0 aromatic carbocycles. The number of ether oxygens (including phenoxy) is 1. The van der Waals surface area contributed by atoms with E-state index in [2.05, 4.69) is 30.9 Å². The summed E-state index contributed by atoms with van der Waals surface area (Å²) >= 11 is 0. The SMILES string of the molecule is CN=C(NCCCOC1CCCCC1)NCCNc1nccc(C(F)(F)F)n1.I. The predicted molar refractivity (Wildman–Crippen MR) is 118 cm³/mol. The number of alkyl halides is 3. The molecule has 166 valence electrons. The Morgan fingerprint density at radius 3 is 2.59 bits per heavy atom. The first-order valence-corrected chi connectivity index (χ1v) is 9.69. The number of hydrogen-bond acceptors (Lipinski definition) is 5. The topological polar surface area (TPSA) is 83.5 Å². The van der Waals surface area contributed by atoms with Crippen molar-refractivity contribution in [2.75, 3.05) is 38.6 Å². The number of anilines is 1. The number of halogens is 4. The monoisotopic (exact) mass is 530 g/mol. The number of aromatic nitrogens is 2. The molecule has 0 spiro atoms. The first-order chi connectivity index (χ1) is 13.5. The van der Waals surface area contributed by atoms with Gasteiger partial charge in [-0.25, -0.2) is 9.97 Å². The van der Waals surface area contributed by atoms with E-state index >= 15 is 0 Å². The molecule has 1 aromatic heterocycles. The van der Waals surface area contributed by atoms with Gasteiger partial charge >= 0.3 is 6.18 Å². The quantitative estimate of drug-likeness (QED) is 0.197. The van der Waals surface area contributed by atoms with E-state index < -0.39 is 11.9 Å². The first-order valence-electron chi connectivity index (χ1n) is 9.69. The van der Waals surface area contributed by atoms with Gasteiger partial charge in [0.1, 0.15) is 5.69 Å². The summed E-state index contributed by atoms with van der Waals surface area (Å²) in [5.74, 6) is 0.573. The molecule has 0 aliphatic heterocycles. The second kappa shape index (κ2) is 13.8. The largest absolute Gasteiger partial charge is 0.433 e. The fourth-order valence-electron chi connectivity index (χ4n) is 2.94. The van der Waals surface area contributed by atoms with E-state index in [9.17, 15) is 13.2 Å².